The van der Waals surface area contributed by atoms with Gasteiger partial charge in [-0.3, -0.25) is 0 Å². The van der Waals surface area contributed by atoms with E-state index >= 15 is 0 Å². The fraction of sp³-hybridized carbons (Fsp3) is 0.615. The van der Waals surface area contributed by atoms with Crippen LogP contribution in [0.15, 0.2) is 6.07 Å². The Morgan fingerprint density at radius 3 is 2.69 bits per heavy atom. The second kappa shape index (κ2) is 6.48. The molecule has 1 rings (SSSR count). The van der Waals surface area contributed by atoms with Crippen molar-refractivity contribution in [1.82, 2.24) is 10.3 Å². The van der Waals surface area contributed by atoms with Crippen LogP contribution in [0, 0.1) is 13.8 Å². The maximum absolute atomic E-state index is 5.58. The lowest BCUT2D eigenvalue weighted by atomic mass is 10.1. The summed E-state index contributed by atoms with van der Waals surface area (Å²) in [4.78, 5) is 4.44. The van der Waals surface area contributed by atoms with Gasteiger partial charge in [0.25, 0.3) is 0 Å². The highest BCUT2D eigenvalue weighted by Gasteiger charge is 2.09. The predicted octanol–water partition coefficient (Wildman–Crippen LogP) is 2.60. The van der Waals surface area contributed by atoms with E-state index < -0.39 is 0 Å². The van der Waals surface area contributed by atoms with Gasteiger partial charge in [0.15, 0.2) is 0 Å². The molecule has 0 unspecified atom stereocenters. The standard InChI is InChI=1S/C13H22N2O/c1-5-7-14-9-12-10(3)8-11(4)15-13(12)16-6-2/h8,14H,5-7,9H2,1-4H3. The van der Waals surface area contributed by atoms with E-state index in [2.05, 4.69) is 30.2 Å². The Bertz CT molecular complexity index is 337. The molecule has 90 valence electrons. The quantitative estimate of drug-likeness (QED) is 0.751. The van der Waals surface area contributed by atoms with Crippen molar-refractivity contribution in [2.75, 3.05) is 13.2 Å². The highest BCUT2D eigenvalue weighted by Crippen LogP contribution is 2.20. The number of aromatic nitrogens is 1. The molecule has 0 atom stereocenters. The number of aryl methyl sites for hydroxylation is 2. The number of rotatable bonds is 6. The Balaban J connectivity index is 2.85. The van der Waals surface area contributed by atoms with E-state index in [1.165, 1.54) is 11.1 Å². The molecular formula is C13H22N2O. The SMILES string of the molecule is CCCNCc1c(C)cc(C)nc1OCC. The zero-order valence-electron chi connectivity index (χ0n) is 10.8. The molecule has 16 heavy (non-hydrogen) atoms. The summed E-state index contributed by atoms with van der Waals surface area (Å²) in [7, 11) is 0. The molecule has 1 N–H and O–H groups in total. The number of pyridine rings is 1. The average Bonchev–Trinajstić information content (AvgIpc) is 2.22. The Hall–Kier alpha value is -1.09. The van der Waals surface area contributed by atoms with Gasteiger partial charge in [0, 0.05) is 17.8 Å². The second-order valence-electron chi connectivity index (χ2n) is 3.97. The van der Waals surface area contributed by atoms with Crippen LogP contribution in [0.2, 0.25) is 0 Å². The number of hydrogen-bond acceptors (Lipinski definition) is 3. The highest BCUT2D eigenvalue weighted by molar-refractivity contribution is 5.35. The van der Waals surface area contributed by atoms with Crippen LogP contribution in [0.3, 0.4) is 0 Å². The lowest BCUT2D eigenvalue weighted by Crippen LogP contribution is -2.16. The van der Waals surface area contributed by atoms with Crippen molar-refractivity contribution in [2.24, 2.45) is 0 Å². The van der Waals surface area contributed by atoms with Gasteiger partial charge in [-0.25, -0.2) is 4.98 Å². The molecule has 1 aromatic rings. The summed E-state index contributed by atoms with van der Waals surface area (Å²) in [5.74, 6) is 0.781. The third-order valence-electron chi connectivity index (χ3n) is 2.45. The summed E-state index contributed by atoms with van der Waals surface area (Å²) in [5, 5.41) is 3.39. The lowest BCUT2D eigenvalue weighted by Gasteiger charge is -2.13. The summed E-state index contributed by atoms with van der Waals surface area (Å²) in [6.45, 7) is 10.8. The van der Waals surface area contributed by atoms with Crippen LogP contribution in [0.25, 0.3) is 0 Å². The van der Waals surface area contributed by atoms with Gasteiger partial charge in [-0.05, 0) is 45.4 Å². The summed E-state index contributed by atoms with van der Waals surface area (Å²) in [5.41, 5.74) is 3.45. The Morgan fingerprint density at radius 1 is 1.31 bits per heavy atom. The minimum Gasteiger partial charge on any atom is -0.478 e. The van der Waals surface area contributed by atoms with Crippen LogP contribution in [0.1, 0.15) is 37.1 Å². The smallest absolute Gasteiger partial charge is 0.218 e. The molecule has 0 spiro atoms. The average molecular weight is 222 g/mol. The van der Waals surface area contributed by atoms with Crippen LogP contribution in [0.4, 0.5) is 0 Å². The van der Waals surface area contributed by atoms with Crippen LogP contribution in [0.5, 0.6) is 5.88 Å². The molecule has 0 aliphatic carbocycles. The van der Waals surface area contributed by atoms with Crippen molar-refractivity contribution in [1.29, 1.82) is 0 Å². The van der Waals surface area contributed by atoms with E-state index in [4.69, 9.17) is 4.74 Å². The third-order valence-corrected chi connectivity index (χ3v) is 2.45. The number of hydrogen-bond donors (Lipinski definition) is 1. The van der Waals surface area contributed by atoms with E-state index in [1.54, 1.807) is 0 Å². The molecule has 0 aliphatic rings. The van der Waals surface area contributed by atoms with Gasteiger partial charge in [0.1, 0.15) is 0 Å². The first-order chi connectivity index (χ1) is 7.69. The minimum absolute atomic E-state index is 0.663. The Labute approximate surface area is 98.2 Å². The van der Waals surface area contributed by atoms with Crippen LogP contribution >= 0.6 is 0 Å². The van der Waals surface area contributed by atoms with E-state index in [-0.39, 0.29) is 0 Å². The summed E-state index contributed by atoms with van der Waals surface area (Å²) >= 11 is 0. The van der Waals surface area contributed by atoms with Crippen LogP contribution < -0.4 is 10.1 Å². The molecule has 0 aliphatic heterocycles. The molecule has 0 fully saturated rings. The maximum Gasteiger partial charge on any atom is 0.218 e. The molecule has 0 saturated carbocycles. The topological polar surface area (TPSA) is 34.2 Å². The van der Waals surface area contributed by atoms with Gasteiger partial charge in [0.2, 0.25) is 5.88 Å². The zero-order valence-corrected chi connectivity index (χ0v) is 10.8. The first-order valence-corrected chi connectivity index (χ1v) is 5.99. The first-order valence-electron chi connectivity index (χ1n) is 5.99. The molecule has 0 radical (unpaired) electrons. The molecule has 3 nitrogen and oxygen atoms in total. The van der Waals surface area contributed by atoms with Crippen molar-refractivity contribution >= 4 is 0 Å². The van der Waals surface area contributed by atoms with Crippen molar-refractivity contribution in [3.05, 3.63) is 22.9 Å². The number of nitrogens with one attached hydrogen (secondary N) is 1. The monoisotopic (exact) mass is 222 g/mol. The van der Waals surface area contributed by atoms with Crippen molar-refractivity contribution in [3.63, 3.8) is 0 Å². The molecule has 1 aromatic heterocycles. The van der Waals surface area contributed by atoms with Gasteiger partial charge in [0.05, 0.1) is 6.61 Å². The van der Waals surface area contributed by atoms with Gasteiger partial charge >= 0.3 is 0 Å². The molecule has 1 heterocycles. The van der Waals surface area contributed by atoms with E-state index in [9.17, 15) is 0 Å². The Kier molecular flexibility index (Phi) is 5.26. The van der Waals surface area contributed by atoms with E-state index in [1.807, 2.05) is 13.8 Å². The van der Waals surface area contributed by atoms with Crippen LogP contribution in [-0.4, -0.2) is 18.1 Å². The van der Waals surface area contributed by atoms with Crippen molar-refractivity contribution in [2.45, 2.75) is 40.7 Å². The van der Waals surface area contributed by atoms with Crippen LogP contribution in [-0.2, 0) is 6.54 Å². The summed E-state index contributed by atoms with van der Waals surface area (Å²) < 4.78 is 5.58. The van der Waals surface area contributed by atoms with Crippen molar-refractivity contribution < 1.29 is 4.74 Å². The molecule has 3 heteroatoms. The fourth-order valence-corrected chi connectivity index (χ4v) is 1.69. The molecule has 0 amide bonds. The maximum atomic E-state index is 5.58. The largest absolute Gasteiger partial charge is 0.478 e. The first kappa shape index (κ1) is 13.0. The molecule has 0 aromatic carbocycles. The molecular weight excluding hydrogens is 200 g/mol. The number of ether oxygens (including phenoxy) is 1. The highest BCUT2D eigenvalue weighted by atomic mass is 16.5. The second-order valence-corrected chi connectivity index (χ2v) is 3.97. The fourth-order valence-electron chi connectivity index (χ4n) is 1.69. The molecule has 0 bridgehead atoms. The van der Waals surface area contributed by atoms with Gasteiger partial charge in [-0.2, -0.15) is 0 Å². The van der Waals surface area contributed by atoms with Gasteiger partial charge in [-0.1, -0.05) is 6.92 Å². The number of nitrogens with zero attached hydrogens (tertiary/aromatic N) is 1. The summed E-state index contributed by atoms with van der Waals surface area (Å²) in [6.07, 6.45) is 1.14. The Morgan fingerprint density at radius 2 is 2.06 bits per heavy atom. The lowest BCUT2D eigenvalue weighted by molar-refractivity contribution is 0.321. The van der Waals surface area contributed by atoms with Crippen molar-refractivity contribution in [3.8, 4) is 5.88 Å². The predicted molar refractivity (Wildman–Crippen MR) is 66.9 cm³/mol. The van der Waals surface area contributed by atoms with E-state index in [0.717, 1.165) is 31.1 Å². The van der Waals surface area contributed by atoms with Gasteiger partial charge in [-0.15, -0.1) is 0 Å². The van der Waals surface area contributed by atoms with Gasteiger partial charge < -0.3 is 10.1 Å². The normalized spacial score (nSPS) is 10.5. The van der Waals surface area contributed by atoms with E-state index in [0.29, 0.717) is 6.61 Å². The summed E-state index contributed by atoms with van der Waals surface area (Å²) in [6, 6.07) is 2.10. The molecule has 0 saturated heterocycles. The zero-order chi connectivity index (χ0) is 12.0. The third kappa shape index (κ3) is 3.49. The minimum atomic E-state index is 0.663.